The molecule has 0 fully saturated rings. The summed E-state index contributed by atoms with van der Waals surface area (Å²) in [5.74, 6) is -3.71. The summed E-state index contributed by atoms with van der Waals surface area (Å²) in [4.78, 5) is 57.3. The number of fused-ring (bicyclic) bond motifs is 1. The minimum Gasteiger partial charge on any atom is -0.501 e. The van der Waals surface area contributed by atoms with Crippen molar-refractivity contribution in [2.75, 3.05) is 34.4 Å². The predicted octanol–water partition coefficient (Wildman–Crippen LogP) is 0.505. The standard InChI is InChI=1S/C23H28FN5O6/c1-12-8-14(6-7-15(12)24)9-25-20(31)17-18(30)21(32)29-13(2)10-35-11-16(19(29)26-17)28(5)23(34)22(33)27(3)4/h6-8,13,16,30H,9-11H2,1-5H3,(H,25,31)/t13-,16+/m1/s1. The van der Waals surface area contributed by atoms with E-state index in [1.807, 2.05) is 0 Å². The molecule has 2 heterocycles. The van der Waals surface area contributed by atoms with Crippen molar-refractivity contribution in [3.05, 3.63) is 57.0 Å². The molecule has 1 aliphatic heterocycles. The molecule has 1 aromatic carbocycles. The van der Waals surface area contributed by atoms with Crippen LogP contribution in [0, 0.1) is 12.7 Å². The largest absolute Gasteiger partial charge is 0.501 e. The van der Waals surface area contributed by atoms with Crippen molar-refractivity contribution in [1.29, 1.82) is 0 Å². The third-order valence-corrected chi connectivity index (χ3v) is 5.76. The number of aromatic hydroxyl groups is 1. The third kappa shape index (κ3) is 5.16. The molecule has 3 rings (SSSR count). The molecule has 0 saturated heterocycles. The summed E-state index contributed by atoms with van der Waals surface area (Å²) >= 11 is 0. The zero-order chi connectivity index (χ0) is 26.0. The Labute approximate surface area is 201 Å². The van der Waals surface area contributed by atoms with Crippen LogP contribution in [-0.2, 0) is 20.9 Å². The SMILES string of the molecule is Cc1cc(CNC(=O)c2nc3n(c(=O)c2O)[C@H](C)COC[C@@H]3N(C)C(=O)C(=O)N(C)C)ccc1F. The van der Waals surface area contributed by atoms with Crippen molar-refractivity contribution in [3.8, 4) is 5.75 Å². The molecule has 0 bridgehead atoms. The van der Waals surface area contributed by atoms with Crippen molar-refractivity contribution >= 4 is 17.7 Å². The molecule has 0 saturated carbocycles. The Balaban J connectivity index is 1.99. The number of nitrogens with zero attached hydrogens (tertiary/aromatic N) is 4. The lowest BCUT2D eigenvalue weighted by Crippen LogP contribution is -2.44. The summed E-state index contributed by atoms with van der Waals surface area (Å²) in [6, 6.07) is 2.80. The molecule has 12 heteroatoms. The molecule has 2 aromatic rings. The number of hydrogen-bond acceptors (Lipinski definition) is 7. The van der Waals surface area contributed by atoms with E-state index >= 15 is 0 Å². The first-order valence-electron chi connectivity index (χ1n) is 10.9. The number of hydrogen-bond donors (Lipinski definition) is 2. The van der Waals surface area contributed by atoms with E-state index in [0.717, 1.165) is 14.4 Å². The normalized spacial score (nSPS) is 17.2. The van der Waals surface area contributed by atoms with E-state index in [1.165, 1.54) is 33.3 Å². The fourth-order valence-electron chi connectivity index (χ4n) is 3.71. The van der Waals surface area contributed by atoms with Gasteiger partial charge in [-0.15, -0.1) is 0 Å². The lowest BCUT2D eigenvalue weighted by Gasteiger charge is -2.28. The molecule has 2 N–H and O–H groups in total. The highest BCUT2D eigenvalue weighted by molar-refractivity contribution is 6.34. The Hall–Kier alpha value is -3.80. The number of aromatic nitrogens is 2. The second kappa shape index (κ2) is 10.2. The fraction of sp³-hybridized carbons (Fsp3) is 0.435. The number of carbonyl (C=O) groups excluding carboxylic acids is 3. The molecule has 0 spiro atoms. The molecule has 188 valence electrons. The van der Waals surface area contributed by atoms with Crippen molar-refractivity contribution in [1.82, 2.24) is 24.7 Å². The molecule has 1 aromatic heterocycles. The summed E-state index contributed by atoms with van der Waals surface area (Å²) < 4.78 is 20.3. The Kier molecular flexibility index (Phi) is 7.54. The van der Waals surface area contributed by atoms with E-state index in [1.54, 1.807) is 19.9 Å². The van der Waals surface area contributed by atoms with Gasteiger partial charge in [0.1, 0.15) is 17.7 Å². The molecule has 2 atom stereocenters. The van der Waals surface area contributed by atoms with E-state index in [2.05, 4.69) is 10.3 Å². The lowest BCUT2D eigenvalue weighted by molar-refractivity contribution is -0.151. The van der Waals surface area contributed by atoms with Crippen LogP contribution >= 0.6 is 0 Å². The Morgan fingerprint density at radius 1 is 1.23 bits per heavy atom. The van der Waals surface area contributed by atoms with E-state index in [0.29, 0.717) is 11.1 Å². The van der Waals surface area contributed by atoms with Gasteiger partial charge in [-0.2, -0.15) is 0 Å². The predicted molar refractivity (Wildman–Crippen MR) is 122 cm³/mol. The maximum atomic E-state index is 13.5. The second-order valence-corrected chi connectivity index (χ2v) is 8.63. The van der Waals surface area contributed by atoms with E-state index in [9.17, 15) is 28.7 Å². The topological polar surface area (TPSA) is 134 Å². The smallest absolute Gasteiger partial charge is 0.312 e. The highest BCUT2D eigenvalue weighted by Crippen LogP contribution is 2.26. The number of nitrogens with one attached hydrogen (secondary N) is 1. The number of halogens is 1. The molecular formula is C23H28FN5O6. The molecule has 35 heavy (non-hydrogen) atoms. The highest BCUT2D eigenvalue weighted by atomic mass is 19.1. The van der Waals surface area contributed by atoms with Gasteiger partial charge in [-0.05, 0) is 31.0 Å². The summed E-state index contributed by atoms with van der Waals surface area (Å²) in [6.45, 7) is 3.25. The van der Waals surface area contributed by atoms with Gasteiger partial charge in [0.2, 0.25) is 5.75 Å². The highest BCUT2D eigenvalue weighted by Gasteiger charge is 2.36. The van der Waals surface area contributed by atoms with Gasteiger partial charge in [-0.3, -0.25) is 23.7 Å². The van der Waals surface area contributed by atoms with Crippen molar-refractivity contribution < 1.29 is 28.6 Å². The minimum atomic E-state index is -0.976. The minimum absolute atomic E-state index is 0.00183. The van der Waals surface area contributed by atoms with Crippen molar-refractivity contribution in [2.45, 2.75) is 32.5 Å². The van der Waals surface area contributed by atoms with Crippen LogP contribution in [0.2, 0.25) is 0 Å². The van der Waals surface area contributed by atoms with E-state index < -0.39 is 46.8 Å². The van der Waals surface area contributed by atoms with E-state index in [4.69, 9.17) is 4.74 Å². The van der Waals surface area contributed by atoms with Gasteiger partial charge in [0, 0.05) is 27.7 Å². The van der Waals surface area contributed by atoms with Crippen LogP contribution < -0.4 is 10.9 Å². The number of ether oxygens (including phenoxy) is 1. The van der Waals surface area contributed by atoms with Gasteiger partial charge >= 0.3 is 11.8 Å². The zero-order valence-electron chi connectivity index (χ0n) is 20.2. The summed E-state index contributed by atoms with van der Waals surface area (Å²) in [5.41, 5.74) is -0.395. The Bertz CT molecular complexity index is 1230. The quantitative estimate of drug-likeness (QED) is 0.598. The first-order chi connectivity index (χ1) is 16.4. The number of aryl methyl sites for hydroxylation is 1. The summed E-state index contributed by atoms with van der Waals surface area (Å²) in [5, 5.41) is 13.1. The maximum Gasteiger partial charge on any atom is 0.312 e. The molecule has 11 nitrogen and oxygen atoms in total. The van der Waals surface area contributed by atoms with Gasteiger partial charge in [-0.25, -0.2) is 9.37 Å². The maximum absolute atomic E-state index is 13.5. The van der Waals surface area contributed by atoms with Crippen LogP contribution in [0.1, 0.15) is 46.4 Å². The molecule has 0 aliphatic carbocycles. The van der Waals surface area contributed by atoms with Gasteiger partial charge in [-0.1, -0.05) is 12.1 Å². The first kappa shape index (κ1) is 25.8. The number of likely N-dealkylation sites (N-methyl/N-ethyl adjacent to an activating group) is 2. The molecular weight excluding hydrogens is 461 g/mol. The van der Waals surface area contributed by atoms with Crippen LogP contribution in [0.25, 0.3) is 0 Å². The first-order valence-corrected chi connectivity index (χ1v) is 10.9. The van der Waals surface area contributed by atoms with Gasteiger partial charge < -0.3 is 25.0 Å². The van der Waals surface area contributed by atoms with Crippen molar-refractivity contribution in [3.63, 3.8) is 0 Å². The molecule has 1 aliphatic rings. The lowest BCUT2D eigenvalue weighted by atomic mass is 10.1. The Morgan fingerprint density at radius 2 is 1.91 bits per heavy atom. The number of carbonyl (C=O) groups is 3. The average Bonchev–Trinajstić information content (AvgIpc) is 2.98. The summed E-state index contributed by atoms with van der Waals surface area (Å²) in [6.07, 6.45) is 0. The van der Waals surface area contributed by atoms with Crippen LogP contribution in [0.4, 0.5) is 4.39 Å². The van der Waals surface area contributed by atoms with Crippen molar-refractivity contribution in [2.24, 2.45) is 0 Å². The third-order valence-electron chi connectivity index (χ3n) is 5.76. The molecule has 0 radical (unpaired) electrons. The fourth-order valence-corrected chi connectivity index (χ4v) is 3.71. The van der Waals surface area contributed by atoms with Gasteiger partial charge in [0.25, 0.3) is 11.5 Å². The number of amides is 3. The van der Waals surface area contributed by atoms with Gasteiger partial charge in [0.15, 0.2) is 5.69 Å². The average molecular weight is 490 g/mol. The van der Waals surface area contributed by atoms with Crippen LogP contribution in [-0.4, -0.2) is 76.5 Å². The van der Waals surface area contributed by atoms with E-state index in [-0.39, 0.29) is 31.4 Å². The van der Waals surface area contributed by atoms with Crippen LogP contribution in [0.3, 0.4) is 0 Å². The second-order valence-electron chi connectivity index (χ2n) is 8.63. The van der Waals surface area contributed by atoms with Gasteiger partial charge in [0.05, 0.1) is 19.3 Å². The molecule has 3 amide bonds. The zero-order valence-corrected chi connectivity index (χ0v) is 20.2. The summed E-state index contributed by atoms with van der Waals surface area (Å²) in [7, 11) is 4.23. The number of benzene rings is 1. The Morgan fingerprint density at radius 3 is 2.54 bits per heavy atom. The number of rotatable bonds is 4. The van der Waals surface area contributed by atoms with Crippen LogP contribution in [0.15, 0.2) is 23.0 Å². The van der Waals surface area contributed by atoms with Crippen LogP contribution in [0.5, 0.6) is 5.75 Å². The monoisotopic (exact) mass is 489 g/mol. The molecule has 0 unspecified atom stereocenters.